The number of methoxy groups -OCH3 is 1. The predicted octanol–water partition coefficient (Wildman–Crippen LogP) is 1.25. The van der Waals surface area contributed by atoms with Crippen LogP contribution in [0.5, 0.6) is 5.75 Å². The second kappa shape index (κ2) is 10.0. The summed E-state index contributed by atoms with van der Waals surface area (Å²) in [4.78, 5) is 25.0. The third kappa shape index (κ3) is 6.01. The first kappa shape index (κ1) is 19.2. The minimum atomic E-state index is -0.273. The number of nitrogens with zero attached hydrogens (tertiary/aromatic N) is 1. The molecule has 1 rings (SSSR count). The number of benzene rings is 1. The largest absolute Gasteiger partial charge is 0.495 e. The summed E-state index contributed by atoms with van der Waals surface area (Å²) in [5.74, 6) is 0.0693. The van der Waals surface area contributed by atoms with Crippen LogP contribution in [0.2, 0.25) is 0 Å². The molecule has 0 fully saturated rings. The van der Waals surface area contributed by atoms with Crippen molar-refractivity contribution in [3.63, 3.8) is 0 Å². The van der Waals surface area contributed by atoms with Crippen LogP contribution >= 0.6 is 12.4 Å². The molecule has 1 aromatic carbocycles. The maximum atomic E-state index is 12.0. The van der Waals surface area contributed by atoms with Gasteiger partial charge in [0.15, 0.2) is 0 Å². The zero-order valence-electron chi connectivity index (χ0n) is 12.3. The summed E-state index contributed by atoms with van der Waals surface area (Å²) < 4.78 is 5.15. The summed E-state index contributed by atoms with van der Waals surface area (Å²) >= 11 is 0. The van der Waals surface area contributed by atoms with Crippen molar-refractivity contribution in [1.82, 2.24) is 4.90 Å². The van der Waals surface area contributed by atoms with Crippen LogP contribution in [-0.4, -0.2) is 43.5 Å². The summed E-state index contributed by atoms with van der Waals surface area (Å²) in [6, 6.07) is 7.11. The molecule has 21 heavy (non-hydrogen) atoms. The number of hydrogen-bond donors (Lipinski definition) is 2. The normalized spacial score (nSPS) is 9.48. The van der Waals surface area contributed by atoms with Crippen LogP contribution in [0.4, 0.5) is 5.69 Å². The Morgan fingerprint density at radius 3 is 2.57 bits per heavy atom. The molecule has 0 spiro atoms. The molecule has 0 heterocycles. The average molecular weight is 316 g/mol. The maximum absolute atomic E-state index is 12.0. The molecule has 0 unspecified atom stereocenters. The van der Waals surface area contributed by atoms with E-state index in [4.69, 9.17) is 10.5 Å². The third-order valence-electron chi connectivity index (χ3n) is 2.74. The highest BCUT2D eigenvalue weighted by Crippen LogP contribution is 2.22. The van der Waals surface area contributed by atoms with Gasteiger partial charge in [0.25, 0.3) is 0 Å². The van der Waals surface area contributed by atoms with Crippen LogP contribution < -0.4 is 15.8 Å². The summed E-state index contributed by atoms with van der Waals surface area (Å²) in [5.41, 5.74) is 5.91. The van der Waals surface area contributed by atoms with Gasteiger partial charge >= 0.3 is 0 Å². The molecule has 118 valence electrons. The molecule has 0 radical (unpaired) electrons. The highest BCUT2D eigenvalue weighted by Gasteiger charge is 2.15. The van der Waals surface area contributed by atoms with Gasteiger partial charge in [-0.1, -0.05) is 19.1 Å². The van der Waals surface area contributed by atoms with Crippen LogP contribution in [0.1, 0.15) is 13.3 Å². The van der Waals surface area contributed by atoms with Crippen LogP contribution in [0.3, 0.4) is 0 Å². The average Bonchev–Trinajstić information content (AvgIpc) is 2.46. The van der Waals surface area contributed by atoms with Crippen molar-refractivity contribution in [3.05, 3.63) is 24.3 Å². The van der Waals surface area contributed by atoms with Crippen molar-refractivity contribution in [2.75, 3.05) is 32.1 Å². The summed E-state index contributed by atoms with van der Waals surface area (Å²) in [6.07, 6.45) is 0.772. The van der Waals surface area contributed by atoms with Crippen LogP contribution in [0, 0.1) is 0 Å². The van der Waals surface area contributed by atoms with E-state index in [2.05, 4.69) is 5.32 Å². The number of rotatable bonds is 7. The summed E-state index contributed by atoms with van der Waals surface area (Å²) in [5, 5.41) is 2.73. The molecule has 0 aliphatic carbocycles. The number of ether oxygens (including phenoxy) is 1. The first-order chi connectivity index (χ1) is 9.62. The number of carbonyl (C=O) groups excluding carboxylic acids is 2. The lowest BCUT2D eigenvalue weighted by Gasteiger charge is -2.21. The number of hydrogen-bond acceptors (Lipinski definition) is 4. The molecule has 3 N–H and O–H groups in total. The van der Waals surface area contributed by atoms with Gasteiger partial charge in [-0.3, -0.25) is 9.59 Å². The highest BCUT2D eigenvalue weighted by atomic mass is 35.5. The molecule has 0 aliphatic rings. The van der Waals surface area contributed by atoms with E-state index >= 15 is 0 Å². The van der Waals surface area contributed by atoms with Gasteiger partial charge in [-0.15, -0.1) is 12.4 Å². The Balaban J connectivity index is 0.00000400. The molecule has 0 bridgehead atoms. The van der Waals surface area contributed by atoms with Crippen LogP contribution in [0.25, 0.3) is 0 Å². The number of halogens is 1. The molecule has 0 saturated heterocycles. The SMILES string of the molecule is CCCN(CC(=O)Nc1ccccc1OC)C(=O)CN.Cl. The monoisotopic (exact) mass is 315 g/mol. The van der Waals surface area contributed by atoms with Crippen molar-refractivity contribution in [1.29, 1.82) is 0 Å². The van der Waals surface area contributed by atoms with Crippen LogP contribution in [0.15, 0.2) is 24.3 Å². The zero-order valence-corrected chi connectivity index (χ0v) is 13.1. The highest BCUT2D eigenvalue weighted by molar-refractivity contribution is 5.95. The van der Waals surface area contributed by atoms with E-state index in [1.807, 2.05) is 13.0 Å². The van der Waals surface area contributed by atoms with Crippen molar-refractivity contribution < 1.29 is 14.3 Å². The number of nitrogens with one attached hydrogen (secondary N) is 1. The second-order valence-corrected chi connectivity index (χ2v) is 4.27. The molecule has 1 aromatic rings. The Kier molecular flexibility index (Phi) is 9.16. The van der Waals surface area contributed by atoms with Gasteiger partial charge in [0.2, 0.25) is 11.8 Å². The van der Waals surface area contributed by atoms with E-state index in [0.29, 0.717) is 18.0 Å². The van der Waals surface area contributed by atoms with Crippen molar-refractivity contribution in [3.8, 4) is 5.75 Å². The van der Waals surface area contributed by atoms with E-state index in [9.17, 15) is 9.59 Å². The fraction of sp³-hybridized carbons (Fsp3) is 0.429. The Morgan fingerprint density at radius 1 is 1.33 bits per heavy atom. The zero-order chi connectivity index (χ0) is 15.0. The molecular weight excluding hydrogens is 294 g/mol. The first-order valence-electron chi connectivity index (χ1n) is 6.53. The number of carbonyl (C=O) groups is 2. The van der Waals surface area contributed by atoms with Gasteiger partial charge in [0, 0.05) is 6.54 Å². The van der Waals surface area contributed by atoms with Gasteiger partial charge in [-0.2, -0.15) is 0 Å². The van der Waals surface area contributed by atoms with Gasteiger partial charge in [-0.25, -0.2) is 0 Å². The Labute approximate surface area is 131 Å². The third-order valence-corrected chi connectivity index (χ3v) is 2.74. The molecular formula is C14H22ClN3O3. The molecule has 0 atom stereocenters. The lowest BCUT2D eigenvalue weighted by molar-refractivity contribution is -0.133. The van der Waals surface area contributed by atoms with E-state index in [0.717, 1.165) is 6.42 Å². The van der Waals surface area contributed by atoms with E-state index < -0.39 is 0 Å². The lowest BCUT2D eigenvalue weighted by Crippen LogP contribution is -2.41. The van der Waals surface area contributed by atoms with Crippen molar-refractivity contribution in [2.24, 2.45) is 5.73 Å². The number of amides is 2. The fourth-order valence-corrected chi connectivity index (χ4v) is 1.80. The van der Waals surface area contributed by atoms with E-state index in [1.165, 1.54) is 12.0 Å². The topological polar surface area (TPSA) is 84.7 Å². The van der Waals surface area contributed by atoms with Crippen LogP contribution in [-0.2, 0) is 9.59 Å². The Bertz CT molecular complexity index is 469. The lowest BCUT2D eigenvalue weighted by atomic mass is 10.3. The molecule has 2 amide bonds. The standard InChI is InChI=1S/C14H21N3O3.ClH/c1-3-8-17(14(19)9-15)10-13(18)16-11-6-4-5-7-12(11)20-2;/h4-7H,3,8-10,15H2,1-2H3,(H,16,18);1H. The van der Waals surface area contributed by atoms with Gasteiger partial charge in [0.1, 0.15) is 5.75 Å². The van der Waals surface area contributed by atoms with E-state index in [-0.39, 0.29) is 37.3 Å². The number of anilines is 1. The molecule has 0 aromatic heterocycles. The summed E-state index contributed by atoms with van der Waals surface area (Å²) in [6.45, 7) is 2.34. The molecule has 7 heteroatoms. The van der Waals surface area contributed by atoms with E-state index in [1.54, 1.807) is 18.2 Å². The molecule has 0 saturated carbocycles. The van der Waals surface area contributed by atoms with Gasteiger partial charge in [0.05, 0.1) is 25.9 Å². The number of para-hydroxylation sites is 2. The minimum absolute atomic E-state index is 0. The molecule has 6 nitrogen and oxygen atoms in total. The first-order valence-corrected chi connectivity index (χ1v) is 6.53. The number of nitrogens with two attached hydrogens (primary N) is 1. The van der Waals surface area contributed by atoms with Crippen molar-refractivity contribution in [2.45, 2.75) is 13.3 Å². The predicted molar refractivity (Wildman–Crippen MR) is 84.8 cm³/mol. The maximum Gasteiger partial charge on any atom is 0.244 e. The Morgan fingerprint density at radius 2 is 2.00 bits per heavy atom. The van der Waals surface area contributed by atoms with Gasteiger partial charge in [-0.05, 0) is 18.6 Å². The summed E-state index contributed by atoms with van der Waals surface area (Å²) in [7, 11) is 1.53. The van der Waals surface area contributed by atoms with Gasteiger partial charge < -0.3 is 20.7 Å². The fourth-order valence-electron chi connectivity index (χ4n) is 1.80. The smallest absolute Gasteiger partial charge is 0.244 e. The quantitative estimate of drug-likeness (QED) is 0.793. The molecule has 0 aliphatic heterocycles. The second-order valence-electron chi connectivity index (χ2n) is 4.27. The minimum Gasteiger partial charge on any atom is -0.495 e. The van der Waals surface area contributed by atoms with Crippen molar-refractivity contribution >= 4 is 29.9 Å². The Hall–Kier alpha value is -1.79.